The molecule has 6 heteroatoms. The van der Waals surface area contributed by atoms with Crippen LogP contribution < -0.4 is 0 Å². The van der Waals surface area contributed by atoms with Gasteiger partial charge in [0.15, 0.2) is 6.10 Å². The first-order valence-electron chi connectivity index (χ1n) is 26.8. The maximum absolute atomic E-state index is 12.8. The molecule has 0 saturated heterocycles. The fourth-order valence-electron chi connectivity index (χ4n) is 7.24. The molecule has 0 aromatic heterocycles. The topological polar surface area (TPSA) is 78.9 Å². The van der Waals surface area contributed by atoms with E-state index in [2.05, 4.69) is 69.4 Å². The van der Waals surface area contributed by atoms with Crippen molar-refractivity contribution in [3.8, 4) is 0 Å². The molecule has 6 nitrogen and oxygen atoms in total. The highest BCUT2D eigenvalue weighted by Crippen LogP contribution is 2.15. The van der Waals surface area contributed by atoms with Crippen LogP contribution in [0.3, 0.4) is 0 Å². The second kappa shape index (κ2) is 52.9. The van der Waals surface area contributed by atoms with E-state index < -0.39 is 6.10 Å². The Bertz CT molecular complexity index is 1310. The summed E-state index contributed by atoms with van der Waals surface area (Å²) in [5, 5.41) is 0. The molecule has 0 N–H and O–H groups in total. The molecule has 0 aromatic rings. The van der Waals surface area contributed by atoms with Gasteiger partial charge in [-0.25, -0.2) is 0 Å². The van der Waals surface area contributed by atoms with Crippen LogP contribution in [0.1, 0.15) is 239 Å². The first kappa shape index (κ1) is 61.3. The van der Waals surface area contributed by atoms with Crippen LogP contribution in [0.2, 0.25) is 0 Å². The van der Waals surface area contributed by atoms with E-state index in [4.69, 9.17) is 14.2 Å². The second-order valence-electron chi connectivity index (χ2n) is 17.5. The Labute approximate surface area is 400 Å². The summed E-state index contributed by atoms with van der Waals surface area (Å²) in [5.74, 6) is -0.950. The number of carbonyl (C=O) groups is 3. The summed E-state index contributed by atoms with van der Waals surface area (Å²) in [6.07, 6.45) is 69.6. The molecule has 370 valence electrons. The molecule has 0 aliphatic heterocycles. The lowest BCUT2D eigenvalue weighted by atomic mass is 10.0. The van der Waals surface area contributed by atoms with Crippen molar-refractivity contribution in [1.82, 2.24) is 0 Å². The number of hydrogen-bond acceptors (Lipinski definition) is 6. The van der Waals surface area contributed by atoms with Crippen molar-refractivity contribution >= 4 is 17.9 Å². The quantitative estimate of drug-likeness (QED) is 0.0199. The third-order valence-electron chi connectivity index (χ3n) is 11.2. The number of unbranched alkanes of at least 4 members (excludes halogenated alkanes) is 24. The lowest BCUT2D eigenvalue weighted by Gasteiger charge is -2.18. The van der Waals surface area contributed by atoms with Crippen LogP contribution in [0.25, 0.3) is 0 Å². The summed E-state index contributed by atoms with van der Waals surface area (Å²) in [5.41, 5.74) is 0. The van der Waals surface area contributed by atoms with Crippen molar-refractivity contribution in [2.24, 2.45) is 0 Å². The smallest absolute Gasteiger partial charge is 0.306 e. The van der Waals surface area contributed by atoms with Gasteiger partial charge in [-0.3, -0.25) is 14.4 Å². The van der Waals surface area contributed by atoms with Crippen LogP contribution in [0.5, 0.6) is 0 Å². The number of allylic oxidation sites excluding steroid dienone is 16. The molecule has 0 radical (unpaired) electrons. The lowest BCUT2D eigenvalue weighted by Crippen LogP contribution is -2.30. The van der Waals surface area contributed by atoms with Gasteiger partial charge in [0, 0.05) is 19.3 Å². The number of rotatable bonds is 47. The van der Waals surface area contributed by atoms with Gasteiger partial charge < -0.3 is 14.2 Å². The fraction of sp³-hybridized carbons (Fsp3) is 0.678. The average Bonchev–Trinajstić information content (AvgIpc) is 3.30. The normalized spacial score (nSPS) is 12.8. The minimum absolute atomic E-state index is 0.0976. The molecule has 65 heavy (non-hydrogen) atoms. The molecular formula is C59H98O6. The molecule has 0 aromatic carbocycles. The maximum Gasteiger partial charge on any atom is 0.306 e. The van der Waals surface area contributed by atoms with Gasteiger partial charge >= 0.3 is 17.9 Å². The average molecular weight is 903 g/mol. The molecule has 0 amide bonds. The molecule has 0 bridgehead atoms. The molecule has 0 aliphatic carbocycles. The Kier molecular flexibility index (Phi) is 50.0. The van der Waals surface area contributed by atoms with Gasteiger partial charge in [0.05, 0.1) is 0 Å². The summed E-state index contributed by atoms with van der Waals surface area (Å²) in [6.45, 7) is 6.34. The van der Waals surface area contributed by atoms with Crippen molar-refractivity contribution in [3.05, 3.63) is 97.2 Å². The Balaban J connectivity index is 4.47. The predicted octanol–water partition coefficient (Wildman–Crippen LogP) is 17.8. The van der Waals surface area contributed by atoms with E-state index in [1.165, 1.54) is 96.3 Å². The monoisotopic (exact) mass is 903 g/mol. The SMILES string of the molecule is CC\C=C/C=C\C=C/C=C\C=C/CCCCCC(=O)OCC(COC(=O)CCCCCCCC/C=C\C/C=C\C/C=C\CC)OC(=O)CCCCCCCCCCCCCCCCCC. The highest BCUT2D eigenvalue weighted by molar-refractivity contribution is 5.71. The third-order valence-corrected chi connectivity index (χ3v) is 11.2. The Morgan fingerprint density at radius 2 is 0.677 bits per heavy atom. The number of esters is 3. The maximum atomic E-state index is 12.8. The summed E-state index contributed by atoms with van der Waals surface area (Å²) in [7, 11) is 0. The number of ether oxygens (including phenoxy) is 3. The number of carbonyl (C=O) groups excluding carboxylic acids is 3. The minimum Gasteiger partial charge on any atom is -0.462 e. The van der Waals surface area contributed by atoms with Crippen LogP contribution in [-0.2, 0) is 28.6 Å². The highest BCUT2D eigenvalue weighted by atomic mass is 16.6. The van der Waals surface area contributed by atoms with Gasteiger partial charge in [0.25, 0.3) is 0 Å². The van der Waals surface area contributed by atoms with E-state index in [9.17, 15) is 14.4 Å². The number of hydrogen-bond donors (Lipinski definition) is 0. The van der Waals surface area contributed by atoms with Crippen LogP contribution in [0, 0.1) is 0 Å². The van der Waals surface area contributed by atoms with Crippen molar-refractivity contribution in [2.75, 3.05) is 13.2 Å². The molecular weight excluding hydrogens is 805 g/mol. The van der Waals surface area contributed by atoms with Gasteiger partial charge in [0.2, 0.25) is 0 Å². The van der Waals surface area contributed by atoms with Crippen LogP contribution in [0.4, 0.5) is 0 Å². The zero-order valence-electron chi connectivity index (χ0n) is 42.2. The fourth-order valence-corrected chi connectivity index (χ4v) is 7.24. The molecule has 0 rings (SSSR count). The molecule has 0 heterocycles. The zero-order chi connectivity index (χ0) is 47.2. The minimum atomic E-state index is -0.800. The van der Waals surface area contributed by atoms with E-state index in [1.54, 1.807) is 0 Å². The highest BCUT2D eigenvalue weighted by Gasteiger charge is 2.19. The van der Waals surface area contributed by atoms with Crippen molar-refractivity contribution in [3.63, 3.8) is 0 Å². The molecule has 0 fully saturated rings. The molecule has 0 aliphatic rings. The van der Waals surface area contributed by atoms with Gasteiger partial charge in [-0.05, 0) is 70.6 Å². The van der Waals surface area contributed by atoms with Crippen LogP contribution in [0.15, 0.2) is 97.2 Å². The van der Waals surface area contributed by atoms with Crippen molar-refractivity contribution < 1.29 is 28.6 Å². The predicted molar refractivity (Wildman–Crippen MR) is 279 cm³/mol. The van der Waals surface area contributed by atoms with E-state index in [-0.39, 0.29) is 31.1 Å². The van der Waals surface area contributed by atoms with Crippen molar-refractivity contribution in [2.45, 2.75) is 245 Å². The second-order valence-corrected chi connectivity index (χ2v) is 17.5. The van der Waals surface area contributed by atoms with Gasteiger partial charge in [-0.2, -0.15) is 0 Å². The van der Waals surface area contributed by atoms with Crippen LogP contribution >= 0.6 is 0 Å². The summed E-state index contributed by atoms with van der Waals surface area (Å²) < 4.78 is 16.8. The van der Waals surface area contributed by atoms with E-state index in [0.717, 1.165) is 103 Å². The molecule has 0 spiro atoms. The zero-order valence-corrected chi connectivity index (χ0v) is 42.2. The largest absolute Gasteiger partial charge is 0.462 e. The molecule has 1 unspecified atom stereocenters. The lowest BCUT2D eigenvalue weighted by molar-refractivity contribution is -0.167. The van der Waals surface area contributed by atoms with Gasteiger partial charge in [0.1, 0.15) is 13.2 Å². The summed E-state index contributed by atoms with van der Waals surface area (Å²) >= 11 is 0. The Morgan fingerprint density at radius 1 is 0.338 bits per heavy atom. The molecule has 1 atom stereocenters. The Hall–Kier alpha value is -3.67. The first-order valence-corrected chi connectivity index (χ1v) is 26.8. The van der Waals surface area contributed by atoms with Crippen LogP contribution in [-0.4, -0.2) is 37.2 Å². The summed E-state index contributed by atoms with van der Waals surface area (Å²) in [6, 6.07) is 0. The summed E-state index contributed by atoms with van der Waals surface area (Å²) in [4.78, 5) is 38.1. The van der Waals surface area contributed by atoms with Gasteiger partial charge in [-0.1, -0.05) is 246 Å². The van der Waals surface area contributed by atoms with Crippen molar-refractivity contribution in [1.29, 1.82) is 0 Å². The first-order chi connectivity index (χ1) is 32.0. The van der Waals surface area contributed by atoms with E-state index >= 15 is 0 Å². The third kappa shape index (κ3) is 51.2. The van der Waals surface area contributed by atoms with Gasteiger partial charge in [-0.15, -0.1) is 0 Å². The Morgan fingerprint density at radius 3 is 1.14 bits per heavy atom. The standard InChI is InChI=1S/C59H98O6/c1-4-7-10-13-16-19-22-25-28-31-34-37-40-43-46-49-52-58(61)64-55-56(54-63-57(60)51-48-45-42-39-36-33-30-27-24-21-18-15-12-9-6-3)65-59(62)53-50-47-44-41-38-35-32-29-26-23-20-17-14-11-8-5-2/h7,9-10,12,15-16,18-19,21,24-25,27-28,30,33,36,56H,4-6,8,11,13-14,17,20,22-23,26,29,31-32,34-35,37-55H2,1-3H3/b10-7-,12-9-,18-15-,19-16-,24-21-,28-25-,30-27-,36-33-. The molecule has 0 saturated carbocycles. The van der Waals surface area contributed by atoms with E-state index in [1.807, 2.05) is 48.6 Å². The van der Waals surface area contributed by atoms with E-state index in [0.29, 0.717) is 19.3 Å².